The van der Waals surface area contributed by atoms with Gasteiger partial charge >= 0.3 is 0 Å². The molecular formula is C24H19F3IrN3O2-. The van der Waals surface area contributed by atoms with Crippen LogP contribution < -0.4 is 5.01 Å². The van der Waals surface area contributed by atoms with Crippen LogP contribution in [0, 0.1) is 23.5 Å². The molecule has 4 rings (SSSR count). The van der Waals surface area contributed by atoms with Crippen molar-refractivity contribution in [3.05, 3.63) is 95.6 Å². The molecule has 1 amide bonds. The number of nitrogens with zero attached hydrogens (tertiary/aromatic N) is 3. The molecule has 33 heavy (non-hydrogen) atoms. The van der Waals surface area contributed by atoms with Crippen LogP contribution in [0.5, 0.6) is 0 Å². The molecule has 0 spiro atoms. The monoisotopic (exact) mass is 631 g/mol. The van der Waals surface area contributed by atoms with Gasteiger partial charge in [0.25, 0.3) is 5.91 Å². The van der Waals surface area contributed by atoms with Gasteiger partial charge in [0, 0.05) is 44.4 Å². The van der Waals surface area contributed by atoms with E-state index in [0.717, 1.165) is 17.1 Å². The van der Waals surface area contributed by atoms with Gasteiger partial charge in [-0.15, -0.1) is 12.1 Å². The largest absolute Gasteiger partial charge is 0.511 e. The van der Waals surface area contributed by atoms with Crippen molar-refractivity contribution in [1.29, 1.82) is 0 Å². The summed E-state index contributed by atoms with van der Waals surface area (Å²) in [5.74, 6) is -2.03. The van der Waals surface area contributed by atoms with E-state index in [4.69, 9.17) is 0 Å². The molecule has 0 bridgehead atoms. The van der Waals surface area contributed by atoms with Crippen LogP contribution in [0.4, 0.5) is 18.9 Å². The Bertz CT molecular complexity index is 1180. The van der Waals surface area contributed by atoms with E-state index in [1.807, 2.05) is 0 Å². The molecule has 9 heteroatoms. The van der Waals surface area contributed by atoms with E-state index in [2.05, 4.69) is 16.2 Å². The predicted molar refractivity (Wildman–Crippen MR) is 115 cm³/mol. The van der Waals surface area contributed by atoms with Crippen LogP contribution in [0.3, 0.4) is 0 Å². The number of allylic oxidation sites excluding steroid dienone is 1. The van der Waals surface area contributed by atoms with Crippen molar-refractivity contribution >= 4 is 17.3 Å². The fourth-order valence-corrected chi connectivity index (χ4v) is 2.92. The molecule has 0 atom stereocenters. The zero-order chi connectivity index (χ0) is 23.3. The number of aliphatic hydroxyl groups is 1. The third-order valence-electron chi connectivity index (χ3n) is 4.49. The molecule has 0 fully saturated rings. The molecule has 0 saturated heterocycles. The minimum Gasteiger partial charge on any atom is -0.511 e. The van der Waals surface area contributed by atoms with Gasteiger partial charge in [0.05, 0.1) is 11.4 Å². The quantitative estimate of drug-likeness (QED) is 0.233. The summed E-state index contributed by atoms with van der Waals surface area (Å²) in [6, 6.07) is 15.0. The number of aromatic nitrogens is 1. The average molecular weight is 631 g/mol. The van der Waals surface area contributed by atoms with Crippen molar-refractivity contribution in [2.24, 2.45) is 5.10 Å². The number of aliphatic hydroxyl groups excluding tert-OH is 1. The summed E-state index contributed by atoms with van der Waals surface area (Å²) in [6.45, 7) is 3.41. The Morgan fingerprint density at radius 3 is 2.36 bits per heavy atom. The van der Waals surface area contributed by atoms with Crippen molar-refractivity contribution < 1.29 is 43.2 Å². The minimum atomic E-state index is -0.649. The predicted octanol–water partition coefficient (Wildman–Crippen LogP) is 5.59. The van der Waals surface area contributed by atoms with Crippen LogP contribution in [0.15, 0.2) is 77.2 Å². The summed E-state index contributed by atoms with van der Waals surface area (Å²) in [7, 11) is 0. The molecule has 173 valence electrons. The Morgan fingerprint density at radius 2 is 1.79 bits per heavy atom. The first kappa shape index (κ1) is 26.0. The Hall–Kier alpha value is -3.29. The van der Waals surface area contributed by atoms with Crippen LogP contribution >= 0.6 is 0 Å². The molecule has 0 aliphatic carbocycles. The van der Waals surface area contributed by atoms with Gasteiger partial charge < -0.3 is 10.1 Å². The maximum Gasteiger partial charge on any atom is 0.284 e. The van der Waals surface area contributed by atoms with Gasteiger partial charge in [0.2, 0.25) is 0 Å². The van der Waals surface area contributed by atoms with E-state index >= 15 is 0 Å². The second-order valence-corrected chi connectivity index (χ2v) is 6.71. The number of rotatable bonds is 3. The summed E-state index contributed by atoms with van der Waals surface area (Å²) >= 11 is 0. The van der Waals surface area contributed by atoms with Gasteiger partial charge in [0.1, 0.15) is 17.1 Å². The van der Waals surface area contributed by atoms with Crippen LogP contribution in [-0.2, 0) is 24.9 Å². The first-order valence-corrected chi connectivity index (χ1v) is 9.67. The third-order valence-corrected chi connectivity index (χ3v) is 4.49. The molecule has 1 aliphatic heterocycles. The number of carbonyl (C=O) groups excluding carboxylic acids is 1. The zero-order valence-electron chi connectivity index (χ0n) is 17.6. The molecule has 2 heterocycles. The molecule has 1 radical (unpaired) electrons. The summed E-state index contributed by atoms with van der Waals surface area (Å²) in [6.07, 6.45) is 1.91. The molecule has 1 N–H and O–H groups in total. The summed E-state index contributed by atoms with van der Waals surface area (Å²) in [5.41, 5.74) is 1.79. The molecule has 0 unspecified atom stereocenters. The smallest absolute Gasteiger partial charge is 0.284 e. The fourth-order valence-electron chi connectivity index (χ4n) is 2.92. The second-order valence-electron chi connectivity index (χ2n) is 6.71. The number of benzene rings is 2. The number of hydrazone groups is 1. The van der Waals surface area contributed by atoms with Crippen LogP contribution in [0.25, 0.3) is 11.3 Å². The SMILES string of the molecule is CC/C(O)=C1/C(=O)N(c2ccc(F)cc2)N=C1C.Fc1c[c-]c(-c2ccccn2)c(F)c1.[Ir]. The van der Waals surface area contributed by atoms with Crippen LogP contribution in [0.1, 0.15) is 20.3 Å². The van der Waals surface area contributed by atoms with Gasteiger partial charge in [-0.1, -0.05) is 30.7 Å². The van der Waals surface area contributed by atoms with Crippen molar-refractivity contribution in [3.8, 4) is 11.3 Å². The van der Waals surface area contributed by atoms with Crippen molar-refractivity contribution in [2.75, 3.05) is 5.01 Å². The van der Waals surface area contributed by atoms with Gasteiger partial charge in [-0.05, 0) is 42.9 Å². The topological polar surface area (TPSA) is 65.8 Å². The first-order valence-electron chi connectivity index (χ1n) is 9.67. The second kappa shape index (κ2) is 11.5. The van der Waals surface area contributed by atoms with Gasteiger partial charge in [-0.3, -0.25) is 13.6 Å². The maximum absolute atomic E-state index is 13.2. The number of halogens is 3. The van der Waals surface area contributed by atoms with E-state index in [1.165, 1.54) is 24.3 Å². The minimum absolute atomic E-state index is 0. The van der Waals surface area contributed by atoms with Crippen molar-refractivity contribution in [2.45, 2.75) is 20.3 Å². The zero-order valence-corrected chi connectivity index (χ0v) is 20.0. The van der Waals surface area contributed by atoms with E-state index < -0.39 is 17.5 Å². The molecular weight excluding hydrogens is 611 g/mol. The van der Waals surface area contributed by atoms with E-state index in [0.29, 0.717) is 23.5 Å². The van der Waals surface area contributed by atoms with Gasteiger partial charge in [-0.2, -0.15) is 10.1 Å². The summed E-state index contributed by atoms with van der Waals surface area (Å²) in [4.78, 5) is 16.0. The Balaban J connectivity index is 0.000000233. The number of carbonyl (C=O) groups is 1. The van der Waals surface area contributed by atoms with Crippen molar-refractivity contribution in [3.63, 3.8) is 0 Å². The number of pyridine rings is 1. The van der Waals surface area contributed by atoms with E-state index in [-0.39, 0.29) is 42.8 Å². The summed E-state index contributed by atoms with van der Waals surface area (Å²) in [5, 5.41) is 14.9. The third kappa shape index (κ3) is 6.15. The normalized spacial score (nSPS) is 14.2. The van der Waals surface area contributed by atoms with Crippen LogP contribution in [-0.4, -0.2) is 21.7 Å². The van der Waals surface area contributed by atoms with Crippen LogP contribution in [0.2, 0.25) is 0 Å². The standard InChI is InChI=1S/C13H13FN2O2.C11H6F2N.Ir/c1-3-11(17)12-8(2)15-16(13(12)18)10-6-4-9(14)5-7-10;12-8-4-5-9(10(13)7-8)11-3-1-2-6-14-11;/h4-7,17H,3H2,1-2H3;1-4,6-7H;/q;-1;/b12-11-;;. The molecule has 3 aromatic rings. The molecule has 1 aliphatic rings. The molecule has 2 aromatic carbocycles. The Morgan fingerprint density at radius 1 is 1.09 bits per heavy atom. The summed E-state index contributed by atoms with van der Waals surface area (Å²) < 4.78 is 38.6. The number of amides is 1. The molecule has 5 nitrogen and oxygen atoms in total. The first-order chi connectivity index (χ1) is 15.3. The van der Waals surface area contributed by atoms with E-state index in [1.54, 1.807) is 38.2 Å². The molecule has 0 saturated carbocycles. The Labute approximate surface area is 202 Å². The number of hydrogen-bond donors (Lipinski definition) is 1. The van der Waals surface area contributed by atoms with Crippen molar-refractivity contribution in [1.82, 2.24) is 4.98 Å². The number of anilines is 1. The van der Waals surface area contributed by atoms with E-state index in [9.17, 15) is 23.1 Å². The fraction of sp³-hybridized carbons (Fsp3) is 0.125. The number of hydrogen-bond acceptors (Lipinski definition) is 4. The average Bonchev–Trinajstić information content (AvgIpc) is 3.08. The van der Waals surface area contributed by atoms with Gasteiger partial charge in [0.15, 0.2) is 0 Å². The van der Waals surface area contributed by atoms with Gasteiger partial charge in [-0.25, -0.2) is 4.39 Å². The Kier molecular flexibility index (Phi) is 9.08. The maximum atomic E-state index is 13.2. The molecule has 1 aromatic heterocycles.